The van der Waals surface area contributed by atoms with Crippen molar-refractivity contribution in [2.45, 2.75) is 6.92 Å². The van der Waals surface area contributed by atoms with Crippen LogP contribution in [0, 0.1) is 5.82 Å². The number of nitrogens with zero attached hydrogens (tertiary/aromatic N) is 1. The number of methoxy groups -OCH3 is 2. The molecule has 0 bridgehead atoms. The molecule has 21 heavy (non-hydrogen) atoms. The molecule has 2 rings (SSSR count). The molecule has 0 atom stereocenters. The quantitative estimate of drug-likeness (QED) is 0.642. The normalized spacial score (nSPS) is 10.3. The molecule has 0 amide bonds. The fraction of sp³-hybridized carbons (Fsp3) is 0.214. The molecule has 0 spiro atoms. The van der Waals surface area contributed by atoms with Crippen LogP contribution in [0.5, 0.6) is 5.75 Å². The zero-order valence-corrected chi connectivity index (χ0v) is 12.4. The number of hydrogen-bond acceptors (Lipinski definition) is 6. The Morgan fingerprint density at radius 3 is 2.57 bits per heavy atom. The monoisotopic (exact) mass is 309 g/mol. The maximum Gasteiger partial charge on any atom is 0.358 e. The number of carbonyl (C=O) groups excluding carboxylic acids is 2. The number of benzene rings is 1. The maximum absolute atomic E-state index is 14.0. The number of esters is 1. The largest absolute Gasteiger partial charge is 0.496 e. The maximum atomic E-state index is 14.0. The van der Waals surface area contributed by atoms with Crippen LogP contribution in [0.2, 0.25) is 0 Å². The highest BCUT2D eigenvalue weighted by Crippen LogP contribution is 2.36. The van der Waals surface area contributed by atoms with Crippen molar-refractivity contribution in [2.24, 2.45) is 0 Å². The lowest BCUT2D eigenvalue weighted by Crippen LogP contribution is -2.07. The number of rotatable bonds is 4. The second-order valence-corrected chi connectivity index (χ2v) is 5.06. The average molecular weight is 309 g/mol. The summed E-state index contributed by atoms with van der Waals surface area (Å²) < 4.78 is 23.7. The van der Waals surface area contributed by atoms with Crippen LogP contribution in [-0.4, -0.2) is 31.0 Å². The van der Waals surface area contributed by atoms with Crippen molar-refractivity contribution in [3.63, 3.8) is 0 Å². The van der Waals surface area contributed by atoms with Gasteiger partial charge in [0.05, 0.1) is 19.8 Å². The number of hydrogen-bond donors (Lipinski definition) is 0. The summed E-state index contributed by atoms with van der Waals surface area (Å²) in [6, 6.07) is 4.33. The van der Waals surface area contributed by atoms with E-state index in [9.17, 15) is 14.0 Å². The number of Topliss-reactive ketones (excluding diaryl/α,β-unsaturated/α-hetero) is 1. The van der Waals surface area contributed by atoms with Crippen LogP contribution in [-0.2, 0) is 4.74 Å². The van der Waals surface area contributed by atoms with Crippen molar-refractivity contribution in [3.05, 3.63) is 34.6 Å². The second kappa shape index (κ2) is 6.01. The van der Waals surface area contributed by atoms with E-state index in [-0.39, 0.29) is 32.7 Å². The summed E-state index contributed by atoms with van der Waals surface area (Å²) in [5.41, 5.74) is -0.00189. The number of carbonyl (C=O) groups is 2. The zero-order valence-electron chi connectivity index (χ0n) is 11.6. The van der Waals surface area contributed by atoms with Crippen LogP contribution >= 0.6 is 11.3 Å². The predicted octanol–water partition coefficient (Wildman–Crippen LogP) is 2.95. The third kappa shape index (κ3) is 2.78. The van der Waals surface area contributed by atoms with Gasteiger partial charge in [0, 0.05) is 6.92 Å². The van der Waals surface area contributed by atoms with Gasteiger partial charge in [-0.25, -0.2) is 14.2 Å². The van der Waals surface area contributed by atoms with Crippen LogP contribution in [0.4, 0.5) is 4.39 Å². The smallest absolute Gasteiger partial charge is 0.358 e. The first-order valence-electron chi connectivity index (χ1n) is 5.92. The highest BCUT2D eigenvalue weighted by molar-refractivity contribution is 7.17. The average Bonchev–Trinajstić information content (AvgIpc) is 2.91. The van der Waals surface area contributed by atoms with E-state index in [1.54, 1.807) is 6.07 Å². The Hall–Kier alpha value is -2.28. The van der Waals surface area contributed by atoms with Gasteiger partial charge in [0.2, 0.25) is 0 Å². The van der Waals surface area contributed by atoms with Crippen LogP contribution in [0.1, 0.15) is 27.1 Å². The molecule has 0 saturated carbocycles. The van der Waals surface area contributed by atoms with Gasteiger partial charge in [-0.3, -0.25) is 4.79 Å². The highest BCUT2D eigenvalue weighted by atomic mass is 32.1. The van der Waals surface area contributed by atoms with Crippen molar-refractivity contribution in [3.8, 4) is 16.3 Å². The minimum Gasteiger partial charge on any atom is -0.496 e. The fourth-order valence-corrected chi connectivity index (χ4v) is 2.78. The molecule has 1 heterocycles. The molecule has 0 unspecified atom stereocenters. The standard InChI is InChI=1S/C14H12FNO4S/c1-7(17)12-11(14(18)20-3)16-13(21-12)10-8(15)5-4-6-9(10)19-2/h4-6H,1-3H3. The van der Waals surface area contributed by atoms with Crippen molar-refractivity contribution in [1.82, 2.24) is 4.98 Å². The fourth-order valence-electron chi connectivity index (χ4n) is 1.78. The van der Waals surface area contributed by atoms with Crippen LogP contribution < -0.4 is 4.74 Å². The van der Waals surface area contributed by atoms with Crippen LogP contribution in [0.3, 0.4) is 0 Å². The molecule has 0 fully saturated rings. The van der Waals surface area contributed by atoms with Gasteiger partial charge in [-0.15, -0.1) is 11.3 Å². The molecule has 5 nitrogen and oxygen atoms in total. The van der Waals surface area contributed by atoms with Gasteiger partial charge in [0.25, 0.3) is 0 Å². The van der Waals surface area contributed by atoms with E-state index in [1.807, 2.05) is 0 Å². The van der Waals surface area contributed by atoms with Gasteiger partial charge >= 0.3 is 5.97 Å². The topological polar surface area (TPSA) is 65.5 Å². The summed E-state index contributed by atoms with van der Waals surface area (Å²) in [5.74, 6) is -1.35. The van der Waals surface area contributed by atoms with Crippen molar-refractivity contribution in [1.29, 1.82) is 0 Å². The van der Waals surface area contributed by atoms with Gasteiger partial charge < -0.3 is 9.47 Å². The molecule has 0 aliphatic heterocycles. The van der Waals surface area contributed by atoms with E-state index in [1.165, 1.54) is 33.3 Å². The molecule has 1 aromatic heterocycles. The first-order chi connectivity index (χ1) is 9.99. The summed E-state index contributed by atoms with van der Waals surface area (Å²) in [6.07, 6.45) is 0. The number of ether oxygens (including phenoxy) is 2. The highest BCUT2D eigenvalue weighted by Gasteiger charge is 2.25. The van der Waals surface area contributed by atoms with Gasteiger partial charge in [-0.1, -0.05) is 6.07 Å². The lowest BCUT2D eigenvalue weighted by molar-refractivity contribution is 0.0591. The molecule has 2 aromatic rings. The molecule has 0 N–H and O–H groups in total. The first-order valence-corrected chi connectivity index (χ1v) is 6.74. The Bertz CT molecular complexity index is 711. The molecule has 1 aromatic carbocycles. The zero-order chi connectivity index (χ0) is 15.6. The third-order valence-electron chi connectivity index (χ3n) is 2.73. The Balaban J connectivity index is 2.66. The summed E-state index contributed by atoms with van der Waals surface area (Å²) >= 11 is 0.927. The van der Waals surface area contributed by atoms with E-state index in [2.05, 4.69) is 9.72 Å². The molecule has 0 aliphatic carbocycles. The minimum atomic E-state index is -0.738. The first kappa shape index (κ1) is 15.1. The van der Waals surface area contributed by atoms with E-state index >= 15 is 0 Å². The van der Waals surface area contributed by atoms with Gasteiger partial charge in [-0.05, 0) is 12.1 Å². The second-order valence-electron chi connectivity index (χ2n) is 4.06. The number of halogens is 1. The number of ketones is 1. The van der Waals surface area contributed by atoms with Crippen LogP contribution in [0.15, 0.2) is 18.2 Å². The molecule has 110 valence electrons. The van der Waals surface area contributed by atoms with E-state index in [0.717, 1.165) is 11.3 Å². The molecule has 0 aliphatic rings. The summed E-state index contributed by atoms with van der Waals surface area (Å²) in [5, 5.41) is 0.190. The molecule has 0 radical (unpaired) electrons. The van der Waals surface area contributed by atoms with Gasteiger partial charge in [-0.2, -0.15) is 0 Å². The van der Waals surface area contributed by atoms with Crippen molar-refractivity contribution in [2.75, 3.05) is 14.2 Å². The molecular formula is C14H12FNO4S. The van der Waals surface area contributed by atoms with Crippen molar-refractivity contribution < 1.29 is 23.5 Å². The lowest BCUT2D eigenvalue weighted by atomic mass is 10.2. The minimum absolute atomic E-state index is 0.114. The Morgan fingerprint density at radius 2 is 2.00 bits per heavy atom. The van der Waals surface area contributed by atoms with E-state index in [4.69, 9.17) is 4.74 Å². The van der Waals surface area contributed by atoms with Gasteiger partial charge in [0.1, 0.15) is 21.5 Å². The number of aromatic nitrogens is 1. The summed E-state index contributed by atoms with van der Waals surface area (Å²) in [6.45, 7) is 1.31. The molecular weight excluding hydrogens is 297 g/mol. The Kier molecular flexibility index (Phi) is 4.32. The van der Waals surface area contributed by atoms with E-state index < -0.39 is 11.8 Å². The Labute approximate surface area is 124 Å². The third-order valence-corrected chi connectivity index (χ3v) is 3.91. The predicted molar refractivity (Wildman–Crippen MR) is 75.4 cm³/mol. The van der Waals surface area contributed by atoms with Gasteiger partial charge in [0.15, 0.2) is 11.5 Å². The van der Waals surface area contributed by atoms with Crippen LogP contribution in [0.25, 0.3) is 10.6 Å². The Morgan fingerprint density at radius 1 is 1.29 bits per heavy atom. The van der Waals surface area contributed by atoms with Crippen molar-refractivity contribution >= 4 is 23.1 Å². The summed E-state index contributed by atoms with van der Waals surface area (Å²) in [7, 11) is 2.59. The SMILES string of the molecule is COC(=O)c1nc(-c2c(F)cccc2OC)sc1C(C)=O. The lowest BCUT2D eigenvalue weighted by Gasteiger charge is -2.06. The number of thiazole rings is 1. The molecule has 7 heteroatoms. The summed E-state index contributed by atoms with van der Waals surface area (Å²) in [4.78, 5) is 27.4. The molecule has 0 saturated heterocycles. The van der Waals surface area contributed by atoms with E-state index in [0.29, 0.717) is 0 Å².